The SMILES string of the molecule is Oc1cc2c3c(c(F)ccc3c1)CCCn1cc(nn1)CC1CCCN(C1)c1nc(OCC34CCCN3CC(F)C4)nc3c(F)c-2ncc13. The molecule has 3 saturated heterocycles. The maximum absolute atomic E-state index is 17.1. The minimum Gasteiger partial charge on any atom is -0.508 e. The van der Waals surface area contributed by atoms with Crippen molar-refractivity contribution in [2.45, 2.75) is 69.6 Å². The Morgan fingerprint density at radius 3 is 2.88 bits per heavy atom. The Morgan fingerprint density at radius 2 is 1.96 bits per heavy atom. The molecule has 5 aliphatic heterocycles. The molecule has 13 heteroatoms. The predicted molar refractivity (Wildman–Crippen MR) is 177 cm³/mol. The standard InChI is InChI=1S/C36H37F3N8O2/c37-23-15-36(8-3-10-46(36)18-23)20-49-35-41-33-28-16-40-32(31(33)39)27-14-25(48)13-22-6-7-29(38)26(30(22)27)5-2-11-47-19-24(43-44-47)12-21-4-1-9-45(17-21)34(28)42-35/h6-7,13-14,16,19,21,23,48H,1-5,8-12,15,17-18,20H2. The highest BCUT2D eigenvalue weighted by Gasteiger charge is 2.49. The van der Waals surface area contributed by atoms with E-state index in [0.29, 0.717) is 73.0 Å². The number of rotatable bonds is 3. The summed E-state index contributed by atoms with van der Waals surface area (Å²) in [6, 6.07) is 5.96. The molecular formula is C36H37F3N8O2. The summed E-state index contributed by atoms with van der Waals surface area (Å²) >= 11 is 0. The summed E-state index contributed by atoms with van der Waals surface area (Å²) in [5.74, 6) is -0.432. The van der Waals surface area contributed by atoms with Crippen LogP contribution in [0.4, 0.5) is 19.0 Å². The molecule has 0 aliphatic carbocycles. The molecule has 3 aromatic heterocycles. The number of ether oxygens (including phenoxy) is 1. The summed E-state index contributed by atoms with van der Waals surface area (Å²) in [4.78, 5) is 18.4. The van der Waals surface area contributed by atoms with Crippen molar-refractivity contribution in [3.63, 3.8) is 0 Å². The van der Waals surface area contributed by atoms with Crippen LogP contribution in [0.5, 0.6) is 11.8 Å². The van der Waals surface area contributed by atoms with Gasteiger partial charge in [0, 0.05) is 50.6 Å². The molecule has 5 aliphatic rings. The minimum absolute atomic E-state index is 0.0223. The number of piperidine rings is 1. The first-order valence-corrected chi connectivity index (χ1v) is 17.3. The molecule has 8 heterocycles. The van der Waals surface area contributed by atoms with Crippen LogP contribution >= 0.6 is 0 Å². The van der Waals surface area contributed by atoms with Crippen LogP contribution in [0.15, 0.2) is 36.7 Å². The molecule has 5 aromatic rings. The van der Waals surface area contributed by atoms with E-state index in [9.17, 15) is 9.50 Å². The van der Waals surface area contributed by atoms with Crippen molar-refractivity contribution in [3.05, 3.63) is 59.6 Å². The lowest BCUT2D eigenvalue weighted by Crippen LogP contribution is -2.43. The third-order valence-electron chi connectivity index (χ3n) is 11.0. The van der Waals surface area contributed by atoms with Crippen molar-refractivity contribution in [1.82, 2.24) is 34.8 Å². The second-order valence-electron chi connectivity index (χ2n) is 14.2. The number of hydrogen-bond donors (Lipinski definition) is 1. The Labute approximate surface area is 280 Å². The fourth-order valence-electron chi connectivity index (χ4n) is 8.77. The van der Waals surface area contributed by atoms with Gasteiger partial charge in [0.25, 0.3) is 0 Å². The summed E-state index contributed by atoms with van der Waals surface area (Å²) < 4.78 is 55.3. The highest BCUT2D eigenvalue weighted by molar-refractivity contribution is 6.01. The maximum Gasteiger partial charge on any atom is 0.319 e. The van der Waals surface area contributed by atoms with E-state index in [2.05, 4.69) is 30.1 Å². The number of anilines is 1. The van der Waals surface area contributed by atoms with Crippen LogP contribution in [-0.4, -0.2) is 84.4 Å². The van der Waals surface area contributed by atoms with Crippen molar-refractivity contribution in [2.24, 2.45) is 5.92 Å². The Hall–Kier alpha value is -4.52. The largest absolute Gasteiger partial charge is 0.508 e. The minimum atomic E-state index is -0.915. The molecule has 0 radical (unpaired) electrons. The monoisotopic (exact) mass is 670 g/mol. The van der Waals surface area contributed by atoms with Gasteiger partial charge < -0.3 is 14.7 Å². The number of fused-ring (bicyclic) bond motifs is 4. The Morgan fingerprint density at radius 1 is 1.04 bits per heavy atom. The number of pyridine rings is 1. The van der Waals surface area contributed by atoms with Gasteiger partial charge in [-0.05, 0) is 91.9 Å². The van der Waals surface area contributed by atoms with Gasteiger partial charge in [-0.15, -0.1) is 5.10 Å². The van der Waals surface area contributed by atoms with Crippen molar-refractivity contribution >= 4 is 27.5 Å². The van der Waals surface area contributed by atoms with Crippen LogP contribution in [-0.2, 0) is 19.4 Å². The van der Waals surface area contributed by atoms with Crippen LogP contribution in [0, 0.1) is 17.6 Å². The average molecular weight is 671 g/mol. The number of aromatic nitrogens is 6. The molecule has 0 saturated carbocycles. The summed E-state index contributed by atoms with van der Waals surface area (Å²) in [5, 5.41) is 21.0. The number of phenolic OH excluding ortho intramolecular Hbond substituents is 1. The van der Waals surface area contributed by atoms with Gasteiger partial charge in [-0.25, -0.2) is 13.2 Å². The molecule has 1 N–H and O–H groups in total. The second-order valence-corrected chi connectivity index (χ2v) is 14.2. The van der Waals surface area contributed by atoms with E-state index >= 15 is 8.78 Å². The molecule has 3 atom stereocenters. The smallest absolute Gasteiger partial charge is 0.319 e. The number of phenols is 1. The quantitative estimate of drug-likeness (QED) is 0.256. The zero-order valence-electron chi connectivity index (χ0n) is 27.1. The van der Waals surface area contributed by atoms with Crippen LogP contribution in [0.2, 0.25) is 0 Å². The first-order chi connectivity index (χ1) is 23.8. The molecule has 10 rings (SSSR count). The number of nitrogens with zero attached hydrogens (tertiary/aromatic N) is 8. The number of alkyl halides is 1. The van der Waals surface area contributed by atoms with Gasteiger partial charge in [-0.1, -0.05) is 11.3 Å². The highest BCUT2D eigenvalue weighted by atomic mass is 19.1. The van der Waals surface area contributed by atoms with Gasteiger partial charge in [0.2, 0.25) is 0 Å². The van der Waals surface area contributed by atoms with Gasteiger partial charge in [0.1, 0.15) is 41.4 Å². The average Bonchev–Trinajstić information content (AvgIpc) is 3.78. The van der Waals surface area contributed by atoms with E-state index in [0.717, 1.165) is 44.3 Å². The molecule has 49 heavy (non-hydrogen) atoms. The summed E-state index contributed by atoms with van der Waals surface area (Å²) in [7, 11) is 0. The lowest BCUT2D eigenvalue weighted by atomic mass is 9.92. The Bertz CT molecular complexity index is 2090. The van der Waals surface area contributed by atoms with E-state index in [1.54, 1.807) is 23.0 Å². The number of hydrogen-bond acceptors (Lipinski definition) is 9. The first kappa shape index (κ1) is 30.5. The zero-order valence-corrected chi connectivity index (χ0v) is 27.1. The second kappa shape index (κ2) is 11.8. The highest BCUT2D eigenvalue weighted by Crippen LogP contribution is 2.42. The normalized spacial score (nSPS) is 24.1. The van der Waals surface area contributed by atoms with Crippen LogP contribution in [0.1, 0.15) is 49.8 Å². The molecule has 3 fully saturated rings. The summed E-state index contributed by atoms with van der Waals surface area (Å²) in [6.07, 6.45) is 8.36. The maximum atomic E-state index is 17.1. The lowest BCUT2D eigenvalue weighted by Gasteiger charge is -2.34. The van der Waals surface area contributed by atoms with Crippen molar-refractivity contribution in [1.29, 1.82) is 0 Å². The van der Waals surface area contributed by atoms with E-state index in [1.807, 2.05) is 6.20 Å². The van der Waals surface area contributed by atoms with E-state index in [-0.39, 0.29) is 41.1 Å². The summed E-state index contributed by atoms with van der Waals surface area (Å²) in [6.45, 7) is 3.33. The van der Waals surface area contributed by atoms with Gasteiger partial charge >= 0.3 is 6.01 Å². The molecule has 2 aromatic carbocycles. The summed E-state index contributed by atoms with van der Waals surface area (Å²) in [5.41, 5.74) is 1.12. The molecule has 254 valence electrons. The van der Waals surface area contributed by atoms with Gasteiger partial charge in [-0.2, -0.15) is 9.97 Å². The van der Waals surface area contributed by atoms with E-state index < -0.39 is 23.3 Å². The first-order valence-electron chi connectivity index (χ1n) is 17.3. The molecule has 0 amide bonds. The molecule has 10 nitrogen and oxygen atoms in total. The molecule has 0 spiro atoms. The molecule has 8 bridgehead atoms. The van der Waals surface area contributed by atoms with Crippen LogP contribution in [0.3, 0.4) is 0 Å². The zero-order chi connectivity index (χ0) is 33.3. The van der Waals surface area contributed by atoms with Gasteiger partial charge in [0.15, 0.2) is 5.82 Å². The van der Waals surface area contributed by atoms with Crippen molar-refractivity contribution < 1.29 is 23.0 Å². The topological polar surface area (TPSA) is 105 Å². The van der Waals surface area contributed by atoms with Crippen molar-refractivity contribution in [2.75, 3.05) is 37.7 Å². The van der Waals surface area contributed by atoms with E-state index in [1.165, 1.54) is 12.1 Å². The predicted octanol–water partition coefficient (Wildman–Crippen LogP) is 5.78. The fraction of sp³-hybridized carbons (Fsp3) is 0.472. The Kier molecular flexibility index (Phi) is 7.36. The number of halogens is 3. The third kappa shape index (κ3) is 5.33. The number of aryl methyl sites for hydroxylation is 2. The number of benzene rings is 2. The lowest BCUT2D eigenvalue weighted by molar-refractivity contribution is 0.107. The Balaban J connectivity index is 1.22. The fourth-order valence-corrected chi connectivity index (χ4v) is 8.77. The van der Waals surface area contributed by atoms with Gasteiger partial charge in [-0.3, -0.25) is 14.6 Å². The van der Waals surface area contributed by atoms with Crippen molar-refractivity contribution in [3.8, 4) is 23.0 Å². The van der Waals surface area contributed by atoms with E-state index in [4.69, 9.17) is 9.72 Å². The molecular weight excluding hydrogens is 633 g/mol. The van der Waals surface area contributed by atoms with Crippen LogP contribution in [0.25, 0.3) is 32.9 Å². The molecule has 3 unspecified atom stereocenters. The van der Waals surface area contributed by atoms with Crippen LogP contribution < -0.4 is 9.64 Å². The third-order valence-corrected chi connectivity index (χ3v) is 11.0. The number of aromatic hydroxyl groups is 1. The van der Waals surface area contributed by atoms with Gasteiger partial charge in [0.05, 0.1) is 16.6 Å².